The van der Waals surface area contributed by atoms with E-state index in [1.807, 2.05) is 13.0 Å². The van der Waals surface area contributed by atoms with Gasteiger partial charge in [-0.25, -0.2) is 39.9 Å². The molecule has 0 unspecified atom stereocenters. The fraction of sp³-hybridized carbons (Fsp3) is 0.417. The van der Waals surface area contributed by atoms with Crippen LogP contribution >= 0.6 is 66.7 Å². The van der Waals surface area contributed by atoms with E-state index in [1.54, 1.807) is 26.6 Å². The summed E-state index contributed by atoms with van der Waals surface area (Å²) in [6.45, 7) is 10.9. The second-order valence-electron chi connectivity index (χ2n) is 12.5. The van der Waals surface area contributed by atoms with Gasteiger partial charge >= 0.3 is 0 Å². The molecule has 3 aliphatic heterocycles. The van der Waals surface area contributed by atoms with Crippen molar-refractivity contribution < 1.29 is 23.7 Å². The Morgan fingerprint density at radius 3 is 1.50 bits per heavy atom. The first kappa shape index (κ1) is 46.8. The molecule has 0 saturated carbocycles. The monoisotopic (exact) mass is 1010 g/mol. The Kier molecular flexibility index (Phi) is 18.5. The van der Waals surface area contributed by atoms with Gasteiger partial charge in [0.1, 0.15) is 24.7 Å². The second-order valence-corrected chi connectivity index (χ2v) is 15.2. The molecule has 0 spiro atoms. The van der Waals surface area contributed by atoms with Crippen LogP contribution in [0, 0.1) is 6.92 Å². The van der Waals surface area contributed by atoms with Crippen LogP contribution in [-0.2, 0) is 14.2 Å². The zero-order chi connectivity index (χ0) is 43.0. The third kappa shape index (κ3) is 13.6. The number of methoxy groups -OCH3 is 2. The van der Waals surface area contributed by atoms with Gasteiger partial charge in [-0.15, -0.1) is 0 Å². The normalized spacial score (nSPS) is 15.0. The molecule has 5 aromatic rings. The minimum atomic E-state index is 0.302. The second kappa shape index (κ2) is 23.7. The Hall–Kier alpha value is -4.22. The number of anilines is 5. The molecule has 3 fully saturated rings. The van der Waals surface area contributed by atoms with E-state index in [0.717, 1.165) is 85.7 Å². The number of nitrogen functional groups attached to an aromatic ring is 2. The smallest absolute Gasteiger partial charge is 0.257 e. The molecular formula is C36H43Br2Cl3N14O5. The van der Waals surface area contributed by atoms with Crippen LogP contribution in [0.25, 0.3) is 11.3 Å². The molecule has 0 atom stereocenters. The first-order valence-electron chi connectivity index (χ1n) is 18.3. The Morgan fingerprint density at radius 1 is 0.567 bits per heavy atom. The van der Waals surface area contributed by atoms with Gasteiger partial charge in [0.2, 0.25) is 0 Å². The first-order valence-corrected chi connectivity index (χ1v) is 21.0. The topological polar surface area (TPSA) is 224 Å². The molecule has 0 radical (unpaired) electrons. The van der Waals surface area contributed by atoms with E-state index in [-0.39, 0.29) is 0 Å². The molecule has 3 saturated heterocycles. The lowest BCUT2D eigenvalue weighted by atomic mass is 10.1. The van der Waals surface area contributed by atoms with Gasteiger partial charge in [0.25, 0.3) is 11.8 Å². The molecule has 0 aliphatic carbocycles. The van der Waals surface area contributed by atoms with Gasteiger partial charge in [-0.3, -0.25) is 4.98 Å². The molecule has 24 heteroatoms. The van der Waals surface area contributed by atoms with E-state index in [4.69, 9.17) is 74.9 Å². The highest BCUT2D eigenvalue weighted by Crippen LogP contribution is 2.30. The van der Waals surface area contributed by atoms with Gasteiger partial charge in [-0.2, -0.15) is 0 Å². The number of nitrogens with two attached hydrogens (primary N) is 2. The molecule has 5 aromatic heterocycles. The molecule has 60 heavy (non-hydrogen) atoms. The van der Waals surface area contributed by atoms with Gasteiger partial charge in [-0.05, 0) is 44.8 Å². The van der Waals surface area contributed by atoms with E-state index in [9.17, 15) is 0 Å². The number of halogens is 5. The van der Waals surface area contributed by atoms with E-state index in [1.165, 1.54) is 18.6 Å². The lowest BCUT2D eigenvalue weighted by Crippen LogP contribution is -2.37. The summed E-state index contributed by atoms with van der Waals surface area (Å²) in [5.41, 5.74) is 14.2. The Morgan fingerprint density at radius 2 is 1.00 bits per heavy atom. The summed E-state index contributed by atoms with van der Waals surface area (Å²) in [4.78, 5) is 43.8. The Balaban J connectivity index is 0.000000159. The summed E-state index contributed by atoms with van der Waals surface area (Å²) in [5.74, 6) is 3.53. The average molecular weight is 1020 g/mol. The van der Waals surface area contributed by atoms with Crippen molar-refractivity contribution in [3.8, 4) is 23.0 Å². The highest BCUT2D eigenvalue weighted by atomic mass is 79.9. The van der Waals surface area contributed by atoms with Crippen molar-refractivity contribution in [2.75, 3.05) is 119 Å². The third-order valence-electron chi connectivity index (χ3n) is 8.52. The van der Waals surface area contributed by atoms with Crippen molar-refractivity contribution in [2.24, 2.45) is 0 Å². The number of hydrogen-bond acceptors (Lipinski definition) is 19. The SMILES string of the molecule is COc1ncc(-c2cc(N)cnc2C)nc1N1CCOCC1.COc1ncc(Cl)nc1N1CCOCC1.Clc1cnc(Br)c(N2CCOCC2)n1.Nc1nc(Cl)cnc1Br. The van der Waals surface area contributed by atoms with Crippen molar-refractivity contribution in [2.45, 2.75) is 6.92 Å². The van der Waals surface area contributed by atoms with Crippen LogP contribution in [0.5, 0.6) is 11.8 Å². The van der Waals surface area contributed by atoms with E-state index < -0.39 is 0 Å². The van der Waals surface area contributed by atoms with E-state index >= 15 is 0 Å². The molecule has 19 nitrogen and oxygen atoms in total. The molecule has 0 amide bonds. The average Bonchev–Trinajstić information content (AvgIpc) is 3.28. The Bertz CT molecular complexity index is 2150. The van der Waals surface area contributed by atoms with Crippen molar-refractivity contribution in [1.82, 2.24) is 44.9 Å². The molecule has 322 valence electrons. The van der Waals surface area contributed by atoms with E-state index in [0.29, 0.717) is 75.6 Å². The molecule has 8 rings (SSSR count). The lowest BCUT2D eigenvalue weighted by molar-refractivity contribution is 0.122. The number of hydrogen-bond donors (Lipinski definition) is 2. The molecule has 3 aliphatic rings. The van der Waals surface area contributed by atoms with Crippen LogP contribution in [0.3, 0.4) is 0 Å². The van der Waals surface area contributed by atoms with E-state index in [2.05, 4.69) is 86.4 Å². The minimum absolute atomic E-state index is 0.302. The summed E-state index contributed by atoms with van der Waals surface area (Å²) in [6.07, 6.45) is 7.74. The summed E-state index contributed by atoms with van der Waals surface area (Å²) in [7, 11) is 3.17. The van der Waals surface area contributed by atoms with Crippen molar-refractivity contribution >= 4 is 95.6 Å². The van der Waals surface area contributed by atoms with Gasteiger partial charge in [-0.1, -0.05) is 34.8 Å². The van der Waals surface area contributed by atoms with Gasteiger partial charge in [0.15, 0.2) is 23.3 Å². The molecule has 8 heterocycles. The van der Waals surface area contributed by atoms with Crippen LogP contribution in [-0.4, -0.2) is 138 Å². The zero-order valence-corrected chi connectivity index (χ0v) is 38.3. The van der Waals surface area contributed by atoms with Crippen LogP contribution in [0.4, 0.5) is 29.0 Å². The highest BCUT2D eigenvalue weighted by molar-refractivity contribution is 9.10. The number of nitrogens with zero attached hydrogens (tertiary/aromatic N) is 12. The third-order valence-corrected chi connectivity index (χ3v) is 10.2. The predicted octanol–water partition coefficient (Wildman–Crippen LogP) is 5.45. The fourth-order valence-corrected chi connectivity index (χ4v) is 6.62. The van der Waals surface area contributed by atoms with Crippen molar-refractivity contribution in [3.63, 3.8) is 0 Å². The summed E-state index contributed by atoms with van der Waals surface area (Å²) in [6, 6.07) is 1.86. The molecular weight excluding hydrogens is 975 g/mol. The van der Waals surface area contributed by atoms with Crippen LogP contribution in [0.1, 0.15) is 5.69 Å². The van der Waals surface area contributed by atoms with Crippen molar-refractivity contribution in [3.05, 3.63) is 67.4 Å². The minimum Gasteiger partial charge on any atom is -0.478 e. The number of morpholine rings is 3. The summed E-state index contributed by atoms with van der Waals surface area (Å²) < 4.78 is 27.6. The number of ether oxygens (including phenoxy) is 5. The molecule has 4 N–H and O–H groups in total. The first-order chi connectivity index (χ1) is 29.0. The highest BCUT2D eigenvalue weighted by Gasteiger charge is 2.21. The predicted molar refractivity (Wildman–Crippen MR) is 238 cm³/mol. The quantitative estimate of drug-likeness (QED) is 0.216. The maximum atomic E-state index is 5.84. The number of aromatic nitrogens is 9. The van der Waals surface area contributed by atoms with Crippen molar-refractivity contribution in [1.29, 1.82) is 0 Å². The standard InChI is InChI=1S/C15H19N5O2.C9H12ClN3O2.C8H9BrClN3O.C4H3BrClN3/c1-10-12(7-11(16)8-17-10)13-9-18-15(21-2)14(19-13)20-3-5-22-6-4-20;1-14-9-8(12-7(10)6-11-9)13-2-4-15-5-3-13;9-7-8(12-6(10)5-11-7)13-1-3-14-4-2-13;5-3-4(7)9-2(6)1-8-3/h7-9H,3-6,16H2,1-2H3;6H,2-5H2,1H3;5H,1-4H2;1H,(H2,7,9). The lowest BCUT2D eigenvalue weighted by Gasteiger charge is -2.28. The van der Waals surface area contributed by atoms with Gasteiger partial charge in [0, 0.05) is 50.5 Å². The maximum Gasteiger partial charge on any atom is 0.257 e. The molecule has 0 aromatic carbocycles. The van der Waals surface area contributed by atoms with Gasteiger partial charge in [0.05, 0.1) is 96.2 Å². The van der Waals surface area contributed by atoms with Crippen LogP contribution in [0.2, 0.25) is 15.5 Å². The largest absolute Gasteiger partial charge is 0.478 e. The maximum absolute atomic E-state index is 5.84. The number of pyridine rings is 1. The van der Waals surface area contributed by atoms with Gasteiger partial charge < -0.3 is 49.9 Å². The van der Waals surface area contributed by atoms with Crippen LogP contribution in [0.15, 0.2) is 46.3 Å². The number of rotatable bonds is 6. The number of aryl methyl sites for hydroxylation is 1. The summed E-state index contributed by atoms with van der Waals surface area (Å²) >= 11 is 23.5. The van der Waals surface area contributed by atoms with Crippen LogP contribution < -0.4 is 35.6 Å². The fourth-order valence-electron chi connectivity index (χ4n) is 5.59. The molecule has 0 bridgehead atoms. The zero-order valence-electron chi connectivity index (χ0n) is 32.9. The Labute approximate surface area is 378 Å². The summed E-state index contributed by atoms with van der Waals surface area (Å²) in [5, 5.41) is 1.09.